The van der Waals surface area contributed by atoms with Gasteiger partial charge in [-0.05, 0) is 112 Å². The zero-order chi connectivity index (χ0) is 21.9. The summed E-state index contributed by atoms with van der Waals surface area (Å²) in [6, 6.07) is 8.27. The number of hydrogen-bond donors (Lipinski definition) is 0. The van der Waals surface area contributed by atoms with Gasteiger partial charge in [0.25, 0.3) is 0 Å². The van der Waals surface area contributed by atoms with E-state index in [1.807, 2.05) is 13.8 Å². The Morgan fingerprint density at radius 3 is 1.24 bits per heavy atom. The normalized spacial score (nSPS) is 13.9. The molecule has 2 aromatic carbocycles. The zero-order valence-electron chi connectivity index (χ0n) is 16.5. The molecule has 0 amide bonds. The van der Waals surface area contributed by atoms with Crippen molar-refractivity contribution < 1.29 is 9.47 Å². The van der Waals surface area contributed by atoms with Crippen LogP contribution in [-0.2, 0) is 5.41 Å². The van der Waals surface area contributed by atoms with Crippen LogP contribution >= 0.6 is 86.9 Å². The molecule has 2 aromatic rings. The van der Waals surface area contributed by atoms with Gasteiger partial charge < -0.3 is 9.47 Å². The molecule has 0 aromatic heterocycles. The highest BCUT2D eigenvalue weighted by molar-refractivity contribution is 9.11. The van der Waals surface area contributed by atoms with Crippen LogP contribution in [0.15, 0.2) is 42.2 Å². The first-order valence-electron chi connectivity index (χ1n) is 9.11. The maximum Gasteiger partial charge on any atom is 0.172 e. The van der Waals surface area contributed by atoms with E-state index in [0.29, 0.717) is 24.3 Å². The molecule has 0 saturated heterocycles. The number of benzene rings is 2. The Hall–Kier alpha value is 0.540. The lowest BCUT2D eigenvalue weighted by molar-refractivity contribution is 0.273. The Kier molecular flexibility index (Phi) is 9.71. The van der Waals surface area contributed by atoms with Crippen LogP contribution in [0.5, 0.6) is 11.5 Å². The summed E-state index contributed by atoms with van der Waals surface area (Å²) >= 11 is 26.9. The Morgan fingerprint density at radius 1 is 0.724 bits per heavy atom. The minimum Gasteiger partial charge on any atom is -0.472 e. The van der Waals surface area contributed by atoms with Crippen LogP contribution in [0.2, 0.25) is 0 Å². The second-order valence-corrected chi connectivity index (χ2v) is 11.4. The topological polar surface area (TPSA) is 18.5 Å². The van der Waals surface area contributed by atoms with E-state index < -0.39 is 0 Å². The van der Waals surface area contributed by atoms with Gasteiger partial charge in [0.1, 0.15) is 11.5 Å². The fourth-order valence-corrected chi connectivity index (χ4v) is 5.58. The van der Waals surface area contributed by atoms with Gasteiger partial charge in [-0.2, -0.15) is 0 Å². The highest BCUT2D eigenvalue weighted by atomic mass is 79.9. The second kappa shape index (κ2) is 10.9. The van der Waals surface area contributed by atoms with Gasteiger partial charge in [-0.1, -0.05) is 50.9 Å². The van der Waals surface area contributed by atoms with Gasteiger partial charge >= 0.3 is 0 Å². The Balaban J connectivity index is 2.45. The maximum atomic E-state index is 6.17. The Labute approximate surface area is 216 Å². The van der Waals surface area contributed by atoms with Crippen LogP contribution < -0.4 is 9.47 Å². The van der Waals surface area contributed by atoms with Crippen LogP contribution in [0.3, 0.4) is 0 Å². The lowest BCUT2D eigenvalue weighted by atomic mass is 9.78. The van der Waals surface area contributed by atoms with Crippen LogP contribution in [0.4, 0.5) is 0 Å². The SMILES string of the molecule is CCC(Cl)Oc1c(Br)cc(C(C)(C)c2cc(Br)c(OC(Cl)CC)c(Br)c2)cc1Br. The molecule has 8 heteroatoms. The van der Waals surface area contributed by atoms with Crippen LogP contribution in [0, 0.1) is 0 Å². The average Bonchev–Trinajstić information content (AvgIpc) is 2.66. The molecule has 0 spiro atoms. The molecule has 2 unspecified atom stereocenters. The minimum atomic E-state index is -0.380. The van der Waals surface area contributed by atoms with Crippen molar-refractivity contribution in [2.45, 2.75) is 57.1 Å². The molecule has 0 radical (unpaired) electrons. The Morgan fingerprint density at radius 2 is 1.00 bits per heavy atom. The van der Waals surface area contributed by atoms with E-state index in [9.17, 15) is 0 Å². The fraction of sp³-hybridized carbons (Fsp3) is 0.429. The molecule has 0 bridgehead atoms. The van der Waals surface area contributed by atoms with E-state index in [2.05, 4.69) is 102 Å². The monoisotopic (exact) mass is 692 g/mol. The summed E-state index contributed by atoms with van der Waals surface area (Å²) in [6.45, 7) is 8.30. The highest BCUT2D eigenvalue weighted by Gasteiger charge is 2.28. The summed E-state index contributed by atoms with van der Waals surface area (Å²) in [5.74, 6) is 1.40. The molecule has 0 saturated carbocycles. The quantitative estimate of drug-likeness (QED) is 0.256. The van der Waals surface area contributed by atoms with E-state index in [4.69, 9.17) is 32.7 Å². The summed E-state index contributed by atoms with van der Waals surface area (Å²) < 4.78 is 15.0. The lowest BCUT2D eigenvalue weighted by Gasteiger charge is -2.29. The number of alkyl halides is 2. The molecule has 2 rings (SSSR count). The molecule has 0 heterocycles. The first-order valence-corrected chi connectivity index (χ1v) is 13.2. The molecule has 0 aliphatic heterocycles. The third-order valence-electron chi connectivity index (χ3n) is 4.57. The van der Waals surface area contributed by atoms with Crippen molar-refractivity contribution >= 4 is 86.9 Å². The number of ether oxygens (including phenoxy) is 2. The summed E-state index contributed by atoms with van der Waals surface area (Å²) in [5.41, 5.74) is 1.18. The maximum absolute atomic E-state index is 6.17. The van der Waals surface area contributed by atoms with Crippen molar-refractivity contribution in [1.29, 1.82) is 0 Å². The molecule has 2 nitrogen and oxygen atoms in total. The summed E-state index contributed by atoms with van der Waals surface area (Å²) in [7, 11) is 0. The van der Waals surface area contributed by atoms with E-state index in [-0.39, 0.29) is 16.5 Å². The Bertz CT molecular complexity index is 758. The van der Waals surface area contributed by atoms with Crippen LogP contribution in [-0.4, -0.2) is 11.1 Å². The van der Waals surface area contributed by atoms with Gasteiger partial charge in [-0.15, -0.1) is 0 Å². The van der Waals surface area contributed by atoms with Crippen LogP contribution in [0.1, 0.15) is 51.7 Å². The fourth-order valence-electron chi connectivity index (χ4n) is 2.66. The third-order valence-corrected chi connectivity index (χ3v) is 7.72. The minimum absolute atomic E-state index is 0.288. The predicted octanol–water partition coefficient (Wildman–Crippen LogP) is 9.77. The molecular formula is C21H22Br4Cl2O2. The summed E-state index contributed by atoms with van der Waals surface area (Å²) in [4.78, 5) is 0. The van der Waals surface area contributed by atoms with Gasteiger partial charge in [0.2, 0.25) is 0 Å². The molecule has 2 atom stereocenters. The lowest BCUT2D eigenvalue weighted by Crippen LogP contribution is -2.20. The number of halogens is 6. The summed E-state index contributed by atoms with van der Waals surface area (Å²) in [5, 5.41) is 0. The zero-order valence-corrected chi connectivity index (χ0v) is 24.3. The van der Waals surface area contributed by atoms with Gasteiger partial charge in [0, 0.05) is 5.41 Å². The standard InChI is InChI=1S/C21H22Br4Cl2O2/c1-5-17(26)28-19-13(22)7-11(8-14(19)23)21(3,4)12-9-15(24)20(16(25)10-12)29-18(27)6-2/h7-10,17-18H,5-6H2,1-4H3. The van der Waals surface area contributed by atoms with E-state index >= 15 is 0 Å². The molecule has 160 valence electrons. The van der Waals surface area contributed by atoms with Crippen molar-refractivity contribution in [1.82, 2.24) is 0 Å². The average molecular weight is 697 g/mol. The smallest absolute Gasteiger partial charge is 0.172 e. The molecule has 0 aliphatic carbocycles. The van der Waals surface area contributed by atoms with E-state index in [1.54, 1.807) is 0 Å². The number of rotatable bonds is 8. The van der Waals surface area contributed by atoms with E-state index in [0.717, 1.165) is 29.0 Å². The molecule has 0 fully saturated rings. The first kappa shape index (κ1) is 25.8. The van der Waals surface area contributed by atoms with Crippen molar-refractivity contribution in [3.63, 3.8) is 0 Å². The molecule has 0 aliphatic rings. The van der Waals surface area contributed by atoms with Crippen molar-refractivity contribution in [3.8, 4) is 11.5 Å². The largest absolute Gasteiger partial charge is 0.472 e. The first-order chi connectivity index (χ1) is 13.5. The molecule has 29 heavy (non-hydrogen) atoms. The van der Waals surface area contributed by atoms with Gasteiger partial charge in [-0.25, -0.2) is 0 Å². The van der Waals surface area contributed by atoms with Gasteiger partial charge in [0.05, 0.1) is 17.9 Å². The molecule has 0 N–H and O–H groups in total. The second-order valence-electron chi connectivity index (χ2n) is 7.04. The summed E-state index contributed by atoms with van der Waals surface area (Å²) in [6.07, 6.45) is 1.43. The number of hydrogen-bond acceptors (Lipinski definition) is 2. The molecular weight excluding hydrogens is 675 g/mol. The van der Waals surface area contributed by atoms with Gasteiger partial charge in [0.15, 0.2) is 11.1 Å². The third kappa shape index (κ3) is 6.29. The van der Waals surface area contributed by atoms with Gasteiger partial charge in [-0.3, -0.25) is 0 Å². The highest BCUT2D eigenvalue weighted by Crippen LogP contribution is 2.44. The van der Waals surface area contributed by atoms with Crippen molar-refractivity contribution in [2.75, 3.05) is 0 Å². The van der Waals surface area contributed by atoms with Crippen molar-refractivity contribution in [2.24, 2.45) is 0 Å². The predicted molar refractivity (Wildman–Crippen MR) is 137 cm³/mol. The van der Waals surface area contributed by atoms with Crippen molar-refractivity contribution in [3.05, 3.63) is 53.3 Å². The van der Waals surface area contributed by atoms with Crippen LogP contribution in [0.25, 0.3) is 0 Å². The van der Waals surface area contributed by atoms with E-state index in [1.165, 1.54) is 0 Å².